The van der Waals surface area contributed by atoms with Crippen LogP contribution in [0.25, 0.3) is 0 Å². The van der Waals surface area contributed by atoms with E-state index < -0.39 is 11.8 Å². The molecular weight excluding hydrogens is 353 g/mol. The lowest BCUT2D eigenvalue weighted by Gasteiger charge is -2.10. The number of rotatable bonds is 8. The number of benzene rings is 2. The van der Waals surface area contributed by atoms with Crippen LogP contribution in [0.3, 0.4) is 0 Å². The first kappa shape index (κ1) is 20.2. The van der Waals surface area contributed by atoms with Gasteiger partial charge >= 0.3 is 5.97 Å². The van der Waals surface area contributed by atoms with Crippen molar-refractivity contribution < 1.29 is 28.6 Å². The molecule has 0 aliphatic rings. The maximum absolute atomic E-state index is 14.3. The summed E-state index contributed by atoms with van der Waals surface area (Å²) < 4.78 is 24.5. The van der Waals surface area contributed by atoms with Gasteiger partial charge in [0.15, 0.2) is 23.1 Å². The quantitative estimate of drug-likeness (QED) is 0.425. The second kappa shape index (κ2) is 9.56. The lowest BCUT2D eigenvalue weighted by Crippen LogP contribution is -2.11. The highest BCUT2D eigenvalue weighted by molar-refractivity contribution is 5.98. The topological polar surface area (TPSA) is 77.4 Å². The molecule has 6 nitrogen and oxygen atoms in total. The van der Waals surface area contributed by atoms with Gasteiger partial charge in [0.05, 0.1) is 12.3 Å². The van der Waals surface area contributed by atoms with E-state index in [9.17, 15) is 14.3 Å². The second-order valence-electron chi connectivity index (χ2n) is 5.66. The molecule has 0 bridgehead atoms. The van der Waals surface area contributed by atoms with Crippen LogP contribution in [0.4, 0.5) is 4.39 Å². The Morgan fingerprint density at radius 2 is 1.89 bits per heavy atom. The molecule has 2 aromatic rings. The van der Waals surface area contributed by atoms with E-state index >= 15 is 0 Å². The van der Waals surface area contributed by atoms with Crippen LogP contribution in [0.2, 0.25) is 0 Å². The van der Waals surface area contributed by atoms with Crippen molar-refractivity contribution in [1.29, 1.82) is 0 Å². The lowest BCUT2D eigenvalue weighted by molar-refractivity contribution is -0.148. The Hall–Kier alpha value is -3.09. The Balaban J connectivity index is 2.07. The van der Waals surface area contributed by atoms with Crippen LogP contribution in [0.15, 0.2) is 41.6 Å². The number of phenols is 1. The van der Waals surface area contributed by atoms with E-state index in [-0.39, 0.29) is 30.5 Å². The van der Waals surface area contributed by atoms with Gasteiger partial charge in [0, 0.05) is 5.56 Å². The van der Waals surface area contributed by atoms with Crippen LogP contribution in [0, 0.1) is 5.82 Å². The molecule has 0 heterocycles. The molecule has 2 aromatic carbocycles. The van der Waals surface area contributed by atoms with Crippen molar-refractivity contribution in [3.05, 3.63) is 53.3 Å². The summed E-state index contributed by atoms with van der Waals surface area (Å²) in [7, 11) is 0. The van der Waals surface area contributed by atoms with Crippen molar-refractivity contribution >= 4 is 11.7 Å². The fraction of sp³-hybridized carbons (Fsp3) is 0.300. The van der Waals surface area contributed by atoms with Gasteiger partial charge in [-0.05, 0) is 56.2 Å². The van der Waals surface area contributed by atoms with Gasteiger partial charge in [-0.25, -0.2) is 9.18 Å². The number of esters is 1. The normalized spacial score (nSPS) is 11.2. The van der Waals surface area contributed by atoms with E-state index in [0.717, 1.165) is 12.0 Å². The standard InChI is InChI=1S/C20H22FNO5/c1-4-14-6-8-19(17(23)10-14)27-18-9-7-15(11-16(18)21)13(3)22-26-12-20(24)25-5-2/h6-11,23H,4-5,12H2,1-3H3. The third-order valence-corrected chi connectivity index (χ3v) is 3.69. The predicted molar refractivity (Wildman–Crippen MR) is 98.8 cm³/mol. The maximum atomic E-state index is 14.3. The molecule has 0 fully saturated rings. The van der Waals surface area contributed by atoms with Crippen LogP contribution in [-0.4, -0.2) is 30.0 Å². The first-order valence-electron chi connectivity index (χ1n) is 8.56. The number of hydrogen-bond acceptors (Lipinski definition) is 6. The van der Waals surface area contributed by atoms with Crippen molar-refractivity contribution in [3.63, 3.8) is 0 Å². The summed E-state index contributed by atoms with van der Waals surface area (Å²) in [5, 5.41) is 13.7. The van der Waals surface area contributed by atoms with Gasteiger partial charge in [0.25, 0.3) is 0 Å². The Labute approximate surface area is 157 Å². The van der Waals surface area contributed by atoms with E-state index in [1.54, 1.807) is 38.1 Å². The smallest absolute Gasteiger partial charge is 0.347 e. The molecule has 0 aliphatic heterocycles. The number of carbonyl (C=O) groups excluding carboxylic acids is 1. The molecule has 0 aliphatic carbocycles. The first-order chi connectivity index (χ1) is 12.9. The molecule has 0 saturated heterocycles. The summed E-state index contributed by atoms with van der Waals surface area (Å²) >= 11 is 0. The molecule has 1 N–H and O–H groups in total. The predicted octanol–water partition coefficient (Wildman–Crippen LogP) is 4.19. The van der Waals surface area contributed by atoms with E-state index in [1.165, 1.54) is 12.1 Å². The van der Waals surface area contributed by atoms with Crippen molar-refractivity contribution in [3.8, 4) is 17.2 Å². The minimum Gasteiger partial charge on any atom is -0.504 e. The number of halogens is 1. The first-order valence-corrected chi connectivity index (χ1v) is 8.56. The highest BCUT2D eigenvalue weighted by Crippen LogP contribution is 2.33. The summed E-state index contributed by atoms with van der Waals surface area (Å²) in [5.41, 5.74) is 1.81. The van der Waals surface area contributed by atoms with Crippen molar-refractivity contribution in [1.82, 2.24) is 0 Å². The largest absolute Gasteiger partial charge is 0.504 e. The molecule has 2 rings (SSSR count). The van der Waals surface area contributed by atoms with E-state index in [0.29, 0.717) is 11.3 Å². The van der Waals surface area contributed by atoms with E-state index in [1.807, 2.05) is 6.92 Å². The van der Waals surface area contributed by atoms with Crippen LogP contribution < -0.4 is 4.74 Å². The van der Waals surface area contributed by atoms with Crippen LogP contribution in [-0.2, 0) is 20.8 Å². The zero-order valence-electron chi connectivity index (χ0n) is 15.5. The average Bonchev–Trinajstić information content (AvgIpc) is 2.64. The summed E-state index contributed by atoms with van der Waals surface area (Å²) in [4.78, 5) is 16.1. The molecule has 0 spiro atoms. The number of hydrogen-bond donors (Lipinski definition) is 1. The van der Waals surface area contributed by atoms with Gasteiger partial charge in [-0.15, -0.1) is 0 Å². The third-order valence-electron chi connectivity index (χ3n) is 3.69. The zero-order valence-corrected chi connectivity index (χ0v) is 15.5. The SMILES string of the molecule is CCOC(=O)CON=C(C)c1ccc(Oc2ccc(CC)cc2O)c(F)c1. The van der Waals surface area contributed by atoms with Gasteiger partial charge in [-0.1, -0.05) is 18.1 Å². The van der Waals surface area contributed by atoms with E-state index in [2.05, 4.69) is 5.16 Å². The molecule has 27 heavy (non-hydrogen) atoms. The number of nitrogens with zero attached hydrogens (tertiary/aromatic N) is 1. The molecule has 0 radical (unpaired) electrons. The summed E-state index contributed by atoms with van der Waals surface area (Å²) in [6.45, 7) is 5.22. The van der Waals surface area contributed by atoms with Crippen LogP contribution in [0.5, 0.6) is 17.2 Å². The molecule has 0 atom stereocenters. The second-order valence-corrected chi connectivity index (χ2v) is 5.66. The highest BCUT2D eigenvalue weighted by Gasteiger charge is 2.11. The van der Waals surface area contributed by atoms with Crippen LogP contribution in [0.1, 0.15) is 31.9 Å². The average molecular weight is 375 g/mol. The lowest BCUT2D eigenvalue weighted by atomic mass is 10.1. The number of oxime groups is 1. The highest BCUT2D eigenvalue weighted by atomic mass is 19.1. The van der Waals surface area contributed by atoms with Gasteiger partial charge in [0.1, 0.15) is 0 Å². The van der Waals surface area contributed by atoms with Crippen molar-refractivity contribution in [2.24, 2.45) is 5.16 Å². The van der Waals surface area contributed by atoms with Gasteiger partial charge in [-0.3, -0.25) is 0 Å². The number of ether oxygens (including phenoxy) is 2. The number of aryl methyl sites for hydroxylation is 1. The van der Waals surface area contributed by atoms with Gasteiger partial charge in [0.2, 0.25) is 6.61 Å². The summed E-state index contributed by atoms with van der Waals surface area (Å²) in [5.74, 6) is -1.06. The molecule has 144 valence electrons. The fourth-order valence-corrected chi connectivity index (χ4v) is 2.23. The minimum atomic E-state index is -0.619. The summed E-state index contributed by atoms with van der Waals surface area (Å²) in [6, 6.07) is 9.25. The van der Waals surface area contributed by atoms with Crippen molar-refractivity contribution in [2.75, 3.05) is 13.2 Å². The maximum Gasteiger partial charge on any atom is 0.347 e. The van der Waals surface area contributed by atoms with Crippen LogP contribution >= 0.6 is 0 Å². The third kappa shape index (κ3) is 5.70. The minimum absolute atomic E-state index is 0.0291. The Bertz CT molecular complexity index is 835. The number of aromatic hydroxyl groups is 1. The molecule has 0 amide bonds. The monoisotopic (exact) mass is 375 g/mol. The van der Waals surface area contributed by atoms with E-state index in [4.69, 9.17) is 14.3 Å². The molecule has 0 saturated carbocycles. The molecule has 0 aromatic heterocycles. The summed E-state index contributed by atoms with van der Waals surface area (Å²) in [6.07, 6.45) is 0.772. The Morgan fingerprint density at radius 3 is 2.52 bits per heavy atom. The zero-order chi connectivity index (χ0) is 19.8. The Morgan fingerprint density at radius 1 is 1.15 bits per heavy atom. The number of carbonyl (C=O) groups is 1. The fourth-order valence-electron chi connectivity index (χ4n) is 2.23. The van der Waals surface area contributed by atoms with Crippen molar-refractivity contribution in [2.45, 2.75) is 27.2 Å². The van der Waals surface area contributed by atoms with Gasteiger partial charge in [-0.2, -0.15) is 0 Å². The molecule has 0 unspecified atom stereocenters. The van der Waals surface area contributed by atoms with Gasteiger partial charge < -0.3 is 19.4 Å². The molecule has 7 heteroatoms. The Kier molecular flexibility index (Phi) is 7.16. The number of phenolic OH excluding ortho intramolecular Hbond substituents is 1. The molecular formula is C20H22FNO5.